The van der Waals surface area contributed by atoms with Crippen LogP contribution in [0.25, 0.3) is 16.5 Å². The summed E-state index contributed by atoms with van der Waals surface area (Å²) in [6.45, 7) is 3.40. The molecule has 0 spiro atoms. The fourth-order valence-electron chi connectivity index (χ4n) is 3.98. The topological polar surface area (TPSA) is 69.3 Å². The highest BCUT2D eigenvalue weighted by molar-refractivity contribution is 5.97. The number of hydrogen-bond acceptors (Lipinski definition) is 4. The number of allylic oxidation sites excluding steroid dienone is 1. The van der Waals surface area contributed by atoms with Gasteiger partial charge in [0.05, 0.1) is 13.4 Å². The van der Waals surface area contributed by atoms with Gasteiger partial charge in [-0.25, -0.2) is 4.98 Å². The highest BCUT2D eigenvalue weighted by atomic mass is 16.5. The Labute approximate surface area is 170 Å². The van der Waals surface area contributed by atoms with Gasteiger partial charge in [-0.3, -0.25) is 4.79 Å². The molecule has 0 unspecified atom stereocenters. The van der Waals surface area contributed by atoms with Crippen molar-refractivity contribution < 1.29 is 13.9 Å². The van der Waals surface area contributed by atoms with Crippen molar-refractivity contribution in [1.82, 2.24) is 14.9 Å². The van der Waals surface area contributed by atoms with E-state index < -0.39 is 0 Å². The first-order chi connectivity index (χ1) is 14.2. The van der Waals surface area contributed by atoms with E-state index in [-0.39, 0.29) is 5.91 Å². The van der Waals surface area contributed by atoms with Crippen LogP contribution in [0.2, 0.25) is 0 Å². The summed E-state index contributed by atoms with van der Waals surface area (Å²) >= 11 is 0. The molecule has 1 aromatic carbocycles. The van der Waals surface area contributed by atoms with Crippen LogP contribution >= 0.6 is 0 Å². The molecule has 3 aromatic rings. The van der Waals surface area contributed by atoms with Crippen LogP contribution in [0.5, 0.6) is 5.75 Å². The number of benzene rings is 1. The van der Waals surface area contributed by atoms with Crippen molar-refractivity contribution in [1.29, 1.82) is 0 Å². The highest BCUT2D eigenvalue weighted by Crippen LogP contribution is 2.37. The van der Waals surface area contributed by atoms with Gasteiger partial charge in [0.25, 0.3) is 0 Å². The van der Waals surface area contributed by atoms with Gasteiger partial charge in [-0.15, -0.1) is 0 Å². The molecule has 0 bridgehead atoms. The van der Waals surface area contributed by atoms with Crippen molar-refractivity contribution in [2.45, 2.75) is 45.6 Å². The molecule has 2 aromatic heterocycles. The lowest BCUT2D eigenvalue weighted by Crippen LogP contribution is -2.23. The molecule has 1 aliphatic carbocycles. The number of fused-ring (bicyclic) bond motifs is 3. The average Bonchev–Trinajstić information content (AvgIpc) is 3.37. The Kier molecular flexibility index (Phi) is 5.69. The number of ether oxygens (including phenoxy) is 1. The normalized spacial score (nSPS) is 14.1. The Morgan fingerprint density at radius 3 is 3.00 bits per heavy atom. The van der Waals surface area contributed by atoms with Crippen LogP contribution in [-0.4, -0.2) is 29.1 Å². The van der Waals surface area contributed by atoms with Gasteiger partial charge in [-0.05, 0) is 44.2 Å². The Hall–Kier alpha value is -3.02. The molecule has 1 N–H and O–H groups in total. The van der Waals surface area contributed by atoms with E-state index in [1.807, 2.05) is 23.8 Å². The number of aryl methyl sites for hydroxylation is 3. The Balaban J connectivity index is 1.48. The fraction of sp³-hybridized carbons (Fsp3) is 0.391. The third-order valence-electron chi connectivity index (χ3n) is 5.50. The second-order valence-corrected chi connectivity index (χ2v) is 7.53. The smallest absolute Gasteiger partial charge is 0.244 e. The molecule has 2 heterocycles. The van der Waals surface area contributed by atoms with Crippen molar-refractivity contribution in [3.8, 4) is 5.75 Å². The molecule has 0 radical (unpaired) electrons. The second-order valence-electron chi connectivity index (χ2n) is 7.53. The number of rotatable bonds is 7. The summed E-state index contributed by atoms with van der Waals surface area (Å²) in [7, 11) is 1.65. The molecule has 6 nitrogen and oxygen atoms in total. The minimum atomic E-state index is -0.0931. The Bertz CT molecular complexity index is 1030. The lowest BCUT2D eigenvalue weighted by Gasteiger charge is -2.11. The minimum absolute atomic E-state index is 0.0931. The van der Waals surface area contributed by atoms with Gasteiger partial charge in [0.2, 0.25) is 5.91 Å². The van der Waals surface area contributed by atoms with Crippen LogP contribution in [0.3, 0.4) is 0 Å². The monoisotopic (exact) mass is 393 g/mol. The third kappa shape index (κ3) is 4.21. The predicted octanol–water partition coefficient (Wildman–Crippen LogP) is 4.13. The molecule has 0 saturated carbocycles. The third-order valence-corrected chi connectivity index (χ3v) is 5.50. The molecule has 1 aliphatic rings. The second kappa shape index (κ2) is 8.55. The van der Waals surface area contributed by atoms with Crippen LogP contribution in [0.4, 0.5) is 0 Å². The number of carbonyl (C=O) groups excluding carboxylic acids is 1. The number of methoxy groups -OCH3 is 1. The Morgan fingerprint density at radius 2 is 2.21 bits per heavy atom. The fourth-order valence-corrected chi connectivity index (χ4v) is 3.98. The van der Waals surface area contributed by atoms with E-state index >= 15 is 0 Å². The predicted molar refractivity (Wildman–Crippen MR) is 113 cm³/mol. The zero-order valence-electron chi connectivity index (χ0n) is 17.0. The largest absolute Gasteiger partial charge is 0.496 e. The quantitative estimate of drug-likeness (QED) is 0.484. The van der Waals surface area contributed by atoms with Gasteiger partial charge in [0.15, 0.2) is 0 Å². The molecule has 1 amide bonds. The maximum Gasteiger partial charge on any atom is 0.244 e. The first-order valence-electron chi connectivity index (χ1n) is 10.2. The number of imidazole rings is 1. The van der Waals surface area contributed by atoms with Gasteiger partial charge >= 0.3 is 0 Å². The molecule has 0 saturated heterocycles. The van der Waals surface area contributed by atoms with Gasteiger partial charge in [-0.1, -0.05) is 0 Å². The summed E-state index contributed by atoms with van der Waals surface area (Å²) in [5.74, 6) is 1.73. The number of carbonyl (C=O) groups is 1. The van der Waals surface area contributed by atoms with E-state index in [2.05, 4.69) is 16.4 Å². The first kappa shape index (κ1) is 19.3. The molecule has 152 valence electrons. The minimum Gasteiger partial charge on any atom is -0.496 e. The lowest BCUT2D eigenvalue weighted by molar-refractivity contribution is -0.116. The van der Waals surface area contributed by atoms with Crippen molar-refractivity contribution in [2.75, 3.05) is 13.7 Å². The summed E-state index contributed by atoms with van der Waals surface area (Å²) in [6, 6.07) is 4.06. The average molecular weight is 393 g/mol. The maximum atomic E-state index is 12.4. The molecule has 29 heavy (non-hydrogen) atoms. The van der Waals surface area contributed by atoms with Crippen molar-refractivity contribution in [3.63, 3.8) is 0 Å². The number of hydrogen-bond donors (Lipinski definition) is 1. The van der Waals surface area contributed by atoms with E-state index in [9.17, 15) is 4.79 Å². The summed E-state index contributed by atoms with van der Waals surface area (Å²) in [5.41, 5.74) is 3.99. The summed E-state index contributed by atoms with van der Waals surface area (Å²) < 4.78 is 13.6. The van der Waals surface area contributed by atoms with Crippen LogP contribution in [0.15, 0.2) is 41.3 Å². The van der Waals surface area contributed by atoms with Gasteiger partial charge in [0, 0.05) is 60.6 Å². The van der Waals surface area contributed by atoms with Crippen LogP contribution in [0, 0.1) is 0 Å². The van der Waals surface area contributed by atoms with Crippen molar-refractivity contribution in [2.24, 2.45) is 0 Å². The van der Waals surface area contributed by atoms with E-state index in [0.29, 0.717) is 6.54 Å². The summed E-state index contributed by atoms with van der Waals surface area (Å²) in [6.07, 6.45) is 12.4. The molecular weight excluding hydrogens is 366 g/mol. The number of amides is 1. The van der Waals surface area contributed by atoms with Gasteiger partial charge in [0.1, 0.15) is 17.1 Å². The van der Waals surface area contributed by atoms with E-state index in [4.69, 9.17) is 9.15 Å². The lowest BCUT2D eigenvalue weighted by atomic mass is 9.94. The number of aromatic nitrogens is 2. The Morgan fingerprint density at radius 1 is 1.34 bits per heavy atom. The van der Waals surface area contributed by atoms with Crippen molar-refractivity contribution in [3.05, 3.63) is 53.8 Å². The van der Waals surface area contributed by atoms with Crippen LogP contribution in [-0.2, 0) is 24.2 Å². The SMILES string of the molecule is COc1cc2oc3c(c2cc1/C(C)=C/C(=O)NCCCn1ccnc1)CCCC3. The standard InChI is InChI=1S/C23H27N3O3/c1-16(12-23(27)25-8-5-10-26-11-9-24-15-26)18-13-19-17-6-3-4-7-20(17)29-22(19)14-21(18)28-2/h9,11-15H,3-8,10H2,1-2H3,(H,25,27)/b16-12+. The molecule has 4 rings (SSSR count). The molecule has 0 fully saturated rings. The van der Waals surface area contributed by atoms with Crippen molar-refractivity contribution >= 4 is 22.4 Å². The number of nitrogens with one attached hydrogen (secondary N) is 1. The zero-order chi connectivity index (χ0) is 20.2. The molecular formula is C23H27N3O3. The van der Waals surface area contributed by atoms with Gasteiger partial charge in [-0.2, -0.15) is 0 Å². The van der Waals surface area contributed by atoms with E-state index in [1.165, 1.54) is 18.4 Å². The van der Waals surface area contributed by atoms with Gasteiger partial charge < -0.3 is 19.0 Å². The highest BCUT2D eigenvalue weighted by Gasteiger charge is 2.20. The van der Waals surface area contributed by atoms with E-state index in [1.54, 1.807) is 25.7 Å². The van der Waals surface area contributed by atoms with Crippen LogP contribution < -0.4 is 10.1 Å². The number of furan rings is 1. The molecule has 0 atom stereocenters. The summed E-state index contributed by atoms with van der Waals surface area (Å²) in [5, 5.41) is 4.10. The molecule has 0 aliphatic heterocycles. The van der Waals surface area contributed by atoms with E-state index in [0.717, 1.165) is 59.4 Å². The summed E-state index contributed by atoms with van der Waals surface area (Å²) in [4.78, 5) is 16.4. The molecule has 6 heteroatoms. The maximum absolute atomic E-state index is 12.4. The van der Waals surface area contributed by atoms with Crippen LogP contribution in [0.1, 0.15) is 43.1 Å². The number of nitrogens with zero attached hydrogens (tertiary/aromatic N) is 2. The first-order valence-corrected chi connectivity index (χ1v) is 10.2. The zero-order valence-corrected chi connectivity index (χ0v) is 17.0.